The van der Waals surface area contributed by atoms with Crippen molar-refractivity contribution in [1.82, 2.24) is 10.2 Å². The molecule has 2 N–H and O–H groups in total. The van der Waals surface area contributed by atoms with E-state index in [0.717, 1.165) is 5.69 Å². The van der Waals surface area contributed by atoms with Crippen molar-refractivity contribution in [2.45, 2.75) is 5.03 Å². The van der Waals surface area contributed by atoms with Crippen LogP contribution in [0.25, 0.3) is 0 Å². The molecule has 0 bridgehead atoms. The van der Waals surface area contributed by atoms with Gasteiger partial charge < -0.3 is 10.4 Å². The van der Waals surface area contributed by atoms with Gasteiger partial charge in [0.15, 0.2) is 5.82 Å². The predicted octanol–water partition coefficient (Wildman–Crippen LogP) is 3.29. The Kier molecular flexibility index (Phi) is 4.24. The van der Waals surface area contributed by atoms with Gasteiger partial charge >= 0.3 is 5.97 Å². The molecule has 5 nitrogen and oxygen atoms in total. The molecule has 0 aliphatic carbocycles. The fourth-order valence-corrected chi connectivity index (χ4v) is 2.04. The lowest BCUT2D eigenvalue weighted by atomic mass is 10.3. The van der Waals surface area contributed by atoms with Crippen LogP contribution in [-0.2, 0) is 0 Å². The second-order valence-corrected chi connectivity index (χ2v) is 4.82. The van der Waals surface area contributed by atoms with Gasteiger partial charge in [0.2, 0.25) is 0 Å². The van der Waals surface area contributed by atoms with Crippen LogP contribution in [-0.4, -0.2) is 27.5 Å². The van der Waals surface area contributed by atoms with Crippen LogP contribution < -0.4 is 5.32 Å². The van der Waals surface area contributed by atoms with E-state index in [4.69, 9.17) is 16.7 Å². The Morgan fingerprint density at radius 3 is 2.58 bits per heavy atom. The number of nitrogens with zero attached hydrogens (tertiary/aromatic N) is 2. The summed E-state index contributed by atoms with van der Waals surface area (Å²) in [7, 11) is 0. The van der Waals surface area contributed by atoms with Crippen LogP contribution in [0.15, 0.2) is 35.4 Å². The normalized spacial score (nSPS) is 10.2. The predicted molar refractivity (Wildman–Crippen MR) is 75.5 cm³/mol. The van der Waals surface area contributed by atoms with Crippen molar-refractivity contribution in [3.63, 3.8) is 0 Å². The molecule has 0 aliphatic heterocycles. The van der Waals surface area contributed by atoms with Gasteiger partial charge in [-0.1, -0.05) is 11.6 Å². The molecule has 0 spiro atoms. The van der Waals surface area contributed by atoms with E-state index < -0.39 is 5.97 Å². The molecule has 2 rings (SSSR count). The minimum Gasteiger partial charge on any atom is -0.478 e. The Hall–Kier alpha value is -1.79. The largest absolute Gasteiger partial charge is 0.478 e. The van der Waals surface area contributed by atoms with Crippen LogP contribution >= 0.6 is 23.4 Å². The molecule has 0 amide bonds. The van der Waals surface area contributed by atoms with Crippen LogP contribution in [0.5, 0.6) is 0 Å². The van der Waals surface area contributed by atoms with Crippen LogP contribution in [0.4, 0.5) is 11.5 Å². The first-order chi connectivity index (χ1) is 9.10. The number of aromatic nitrogens is 2. The highest BCUT2D eigenvalue weighted by Gasteiger charge is 2.13. The molecule has 1 heterocycles. The lowest BCUT2D eigenvalue weighted by Crippen LogP contribution is -2.05. The topological polar surface area (TPSA) is 75.1 Å². The summed E-state index contributed by atoms with van der Waals surface area (Å²) in [5, 5.41) is 20.9. The SMILES string of the molecule is CSc1nnc(Nc2ccc(Cl)cc2)cc1C(=O)O. The molecule has 7 heteroatoms. The Bertz CT molecular complexity index is 604. The Labute approximate surface area is 119 Å². The number of hydrogen-bond donors (Lipinski definition) is 2. The number of halogens is 1. The second kappa shape index (κ2) is 5.90. The molecule has 0 saturated carbocycles. The molecule has 1 aromatic heterocycles. The Balaban J connectivity index is 2.28. The summed E-state index contributed by atoms with van der Waals surface area (Å²) in [6.07, 6.45) is 1.75. The number of anilines is 2. The highest BCUT2D eigenvalue weighted by Crippen LogP contribution is 2.22. The van der Waals surface area contributed by atoms with Gasteiger partial charge in [-0.25, -0.2) is 4.79 Å². The van der Waals surface area contributed by atoms with E-state index in [-0.39, 0.29) is 5.56 Å². The van der Waals surface area contributed by atoms with E-state index >= 15 is 0 Å². The van der Waals surface area contributed by atoms with Gasteiger partial charge in [0.1, 0.15) is 5.03 Å². The van der Waals surface area contributed by atoms with E-state index in [1.165, 1.54) is 17.8 Å². The average molecular weight is 296 g/mol. The Morgan fingerprint density at radius 2 is 2.00 bits per heavy atom. The molecule has 2 aromatic rings. The zero-order valence-electron chi connectivity index (χ0n) is 9.92. The summed E-state index contributed by atoms with van der Waals surface area (Å²) in [6, 6.07) is 8.45. The number of nitrogens with one attached hydrogen (secondary N) is 1. The third kappa shape index (κ3) is 3.36. The highest BCUT2D eigenvalue weighted by molar-refractivity contribution is 7.98. The highest BCUT2D eigenvalue weighted by atomic mass is 35.5. The molecule has 1 aromatic carbocycles. The number of thioether (sulfide) groups is 1. The first kappa shape index (κ1) is 13.6. The summed E-state index contributed by atoms with van der Waals surface area (Å²) >= 11 is 7.03. The van der Waals surface area contributed by atoms with E-state index in [1.807, 2.05) is 0 Å². The van der Waals surface area contributed by atoms with Gasteiger partial charge in [0, 0.05) is 10.7 Å². The van der Waals surface area contributed by atoms with E-state index in [9.17, 15) is 4.79 Å². The maximum atomic E-state index is 11.1. The molecule has 0 aliphatic rings. The number of carbonyl (C=O) groups is 1. The zero-order chi connectivity index (χ0) is 13.8. The number of benzene rings is 1. The van der Waals surface area contributed by atoms with Gasteiger partial charge in [-0.2, -0.15) is 0 Å². The molecule has 0 fully saturated rings. The van der Waals surface area contributed by atoms with Gasteiger partial charge in [0.05, 0.1) is 5.56 Å². The van der Waals surface area contributed by atoms with Crippen molar-refractivity contribution >= 4 is 40.8 Å². The molecular formula is C12H10ClN3O2S. The maximum Gasteiger partial charge on any atom is 0.338 e. The lowest BCUT2D eigenvalue weighted by molar-refractivity contribution is 0.0692. The number of carboxylic acids is 1. The summed E-state index contributed by atoms with van der Waals surface area (Å²) in [4.78, 5) is 11.1. The molecule has 0 radical (unpaired) electrons. The minimum atomic E-state index is -1.03. The molecule has 19 heavy (non-hydrogen) atoms. The summed E-state index contributed by atoms with van der Waals surface area (Å²) < 4.78 is 0. The lowest BCUT2D eigenvalue weighted by Gasteiger charge is -2.07. The molecule has 0 saturated heterocycles. The molecule has 98 valence electrons. The third-order valence-electron chi connectivity index (χ3n) is 2.30. The van der Waals surface area contributed by atoms with Crippen molar-refractivity contribution < 1.29 is 9.90 Å². The van der Waals surface area contributed by atoms with E-state index in [0.29, 0.717) is 15.9 Å². The molecule has 0 atom stereocenters. The quantitative estimate of drug-likeness (QED) is 0.843. The van der Waals surface area contributed by atoms with Gasteiger partial charge in [-0.3, -0.25) is 0 Å². The summed E-state index contributed by atoms with van der Waals surface area (Å²) in [6.45, 7) is 0. The monoisotopic (exact) mass is 295 g/mol. The number of carboxylic acid groups (broad SMARTS) is 1. The van der Waals surface area contributed by atoms with Crippen LogP contribution in [0.3, 0.4) is 0 Å². The van der Waals surface area contributed by atoms with Crippen LogP contribution in [0.2, 0.25) is 5.02 Å². The van der Waals surface area contributed by atoms with Crippen molar-refractivity contribution in [2.75, 3.05) is 11.6 Å². The maximum absolute atomic E-state index is 11.1. The third-order valence-corrected chi connectivity index (χ3v) is 3.24. The summed E-state index contributed by atoms with van der Waals surface area (Å²) in [5.74, 6) is -0.657. The molecular weight excluding hydrogens is 286 g/mol. The van der Waals surface area contributed by atoms with Gasteiger partial charge in [0.25, 0.3) is 0 Å². The first-order valence-corrected chi connectivity index (χ1v) is 6.88. The first-order valence-electron chi connectivity index (χ1n) is 5.28. The smallest absolute Gasteiger partial charge is 0.338 e. The van der Waals surface area contributed by atoms with Gasteiger partial charge in [-0.15, -0.1) is 22.0 Å². The Morgan fingerprint density at radius 1 is 1.32 bits per heavy atom. The second-order valence-electron chi connectivity index (χ2n) is 3.59. The van der Waals surface area contributed by atoms with E-state index in [2.05, 4.69) is 15.5 Å². The van der Waals surface area contributed by atoms with Gasteiger partial charge in [-0.05, 0) is 36.6 Å². The van der Waals surface area contributed by atoms with E-state index in [1.54, 1.807) is 30.5 Å². The number of rotatable bonds is 4. The number of hydrogen-bond acceptors (Lipinski definition) is 5. The van der Waals surface area contributed by atoms with Crippen molar-refractivity contribution in [1.29, 1.82) is 0 Å². The molecule has 0 unspecified atom stereocenters. The fraction of sp³-hybridized carbons (Fsp3) is 0.0833. The van der Waals surface area contributed by atoms with Crippen molar-refractivity contribution in [3.8, 4) is 0 Å². The van der Waals surface area contributed by atoms with Crippen LogP contribution in [0, 0.1) is 0 Å². The van der Waals surface area contributed by atoms with Crippen molar-refractivity contribution in [2.24, 2.45) is 0 Å². The summed E-state index contributed by atoms with van der Waals surface area (Å²) in [5.41, 5.74) is 0.880. The fourth-order valence-electron chi connectivity index (χ4n) is 1.43. The van der Waals surface area contributed by atoms with Crippen molar-refractivity contribution in [3.05, 3.63) is 40.9 Å². The standard InChI is InChI=1S/C12H10ClN3O2S/c1-19-11-9(12(17)18)6-10(15-16-11)14-8-4-2-7(13)3-5-8/h2-6H,1H3,(H,14,15)(H,17,18). The zero-order valence-corrected chi connectivity index (χ0v) is 11.5. The average Bonchev–Trinajstić information content (AvgIpc) is 2.41. The van der Waals surface area contributed by atoms with Crippen LogP contribution in [0.1, 0.15) is 10.4 Å². The minimum absolute atomic E-state index is 0.124. The number of aromatic carboxylic acids is 1.